The van der Waals surface area contributed by atoms with Gasteiger partial charge in [-0.15, -0.1) is 11.3 Å². The SMILES string of the molecule is CC(C)(C)c1csc(CNCc2ccco2)n1. The van der Waals surface area contributed by atoms with Crippen LogP contribution in [-0.4, -0.2) is 4.98 Å². The van der Waals surface area contributed by atoms with Crippen molar-refractivity contribution in [2.75, 3.05) is 0 Å². The highest BCUT2D eigenvalue weighted by Crippen LogP contribution is 2.23. The standard InChI is InChI=1S/C13H18N2OS/c1-13(2,3)11-9-17-12(15-11)8-14-7-10-5-4-6-16-10/h4-6,9,14H,7-8H2,1-3H3. The number of furan rings is 1. The second-order valence-electron chi connectivity index (χ2n) is 5.06. The number of thiazole rings is 1. The minimum Gasteiger partial charge on any atom is -0.468 e. The predicted molar refractivity (Wildman–Crippen MR) is 70.1 cm³/mol. The smallest absolute Gasteiger partial charge is 0.117 e. The molecule has 0 unspecified atom stereocenters. The van der Waals surface area contributed by atoms with Crippen LogP contribution in [0.25, 0.3) is 0 Å². The van der Waals surface area contributed by atoms with Crippen LogP contribution in [0.15, 0.2) is 28.2 Å². The molecule has 0 aliphatic heterocycles. The van der Waals surface area contributed by atoms with Gasteiger partial charge in [-0.1, -0.05) is 20.8 Å². The van der Waals surface area contributed by atoms with Gasteiger partial charge in [0.25, 0.3) is 0 Å². The van der Waals surface area contributed by atoms with E-state index in [1.807, 2.05) is 12.1 Å². The van der Waals surface area contributed by atoms with E-state index in [1.54, 1.807) is 17.6 Å². The van der Waals surface area contributed by atoms with Crippen LogP contribution < -0.4 is 5.32 Å². The fraction of sp³-hybridized carbons (Fsp3) is 0.462. The predicted octanol–water partition coefficient (Wildman–Crippen LogP) is 3.32. The van der Waals surface area contributed by atoms with Crippen molar-refractivity contribution in [1.82, 2.24) is 10.3 Å². The quantitative estimate of drug-likeness (QED) is 0.904. The first-order valence-electron chi connectivity index (χ1n) is 5.74. The molecule has 0 aliphatic rings. The van der Waals surface area contributed by atoms with Gasteiger partial charge in [-0.25, -0.2) is 4.98 Å². The molecule has 2 aromatic rings. The van der Waals surface area contributed by atoms with Crippen molar-refractivity contribution in [2.45, 2.75) is 39.3 Å². The molecule has 0 saturated carbocycles. The van der Waals surface area contributed by atoms with Crippen molar-refractivity contribution in [2.24, 2.45) is 0 Å². The molecule has 1 N–H and O–H groups in total. The Bertz CT molecular complexity index is 454. The summed E-state index contributed by atoms with van der Waals surface area (Å²) in [4.78, 5) is 4.63. The summed E-state index contributed by atoms with van der Waals surface area (Å²) in [6, 6.07) is 3.87. The molecule has 0 bridgehead atoms. The zero-order valence-electron chi connectivity index (χ0n) is 10.5. The Morgan fingerprint density at radius 3 is 2.76 bits per heavy atom. The average Bonchev–Trinajstić information content (AvgIpc) is 2.86. The van der Waals surface area contributed by atoms with E-state index >= 15 is 0 Å². The van der Waals surface area contributed by atoms with Crippen LogP contribution in [0.5, 0.6) is 0 Å². The van der Waals surface area contributed by atoms with E-state index in [4.69, 9.17) is 4.42 Å². The molecule has 0 saturated heterocycles. The van der Waals surface area contributed by atoms with E-state index in [0.717, 1.165) is 29.6 Å². The van der Waals surface area contributed by atoms with Crippen molar-refractivity contribution in [3.8, 4) is 0 Å². The molecular weight excluding hydrogens is 232 g/mol. The highest BCUT2D eigenvalue weighted by atomic mass is 32.1. The summed E-state index contributed by atoms with van der Waals surface area (Å²) in [6.45, 7) is 8.09. The molecule has 4 heteroatoms. The second-order valence-corrected chi connectivity index (χ2v) is 6.00. The van der Waals surface area contributed by atoms with Gasteiger partial charge in [0.1, 0.15) is 10.8 Å². The van der Waals surface area contributed by atoms with Crippen molar-refractivity contribution in [1.29, 1.82) is 0 Å². The zero-order chi connectivity index (χ0) is 12.3. The lowest BCUT2D eigenvalue weighted by Gasteiger charge is -2.14. The average molecular weight is 250 g/mol. The van der Waals surface area contributed by atoms with Crippen molar-refractivity contribution >= 4 is 11.3 Å². The third-order valence-corrected chi connectivity index (χ3v) is 3.32. The molecule has 2 aromatic heterocycles. The molecular formula is C13H18N2OS. The monoisotopic (exact) mass is 250 g/mol. The third kappa shape index (κ3) is 3.41. The first kappa shape index (κ1) is 12.3. The topological polar surface area (TPSA) is 38.1 Å². The maximum Gasteiger partial charge on any atom is 0.117 e. The summed E-state index contributed by atoms with van der Waals surface area (Å²) in [5, 5.41) is 6.59. The van der Waals surface area contributed by atoms with Crippen LogP contribution >= 0.6 is 11.3 Å². The summed E-state index contributed by atoms with van der Waals surface area (Å²) >= 11 is 1.71. The number of rotatable bonds is 4. The van der Waals surface area contributed by atoms with Gasteiger partial charge in [-0.3, -0.25) is 0 Å². The molecule has 0 aliphatic carbocycles. The van der Waals surface area contributed by atoms with Crippen molar-refractivity contribution in [3.63, 3.8) is 0 Å². The van der Waals surface area contributed by atoms with Gasteiger partial charge in [0.15, 0.2) is 0 Å². The lowest BCUT2D eigenvalue weighted by atomic mass is 9.93. The van der Waals surface area contributed by atoms with E-state index in [9.17, 15) is 0 Å². The van der Waals surface area contributed by atoms with Gasteiger partial charge in [0.05, 0.1) is 18.5 Å². The molecule has 0 atom stereocenters. The lowest BCUT2D eigenvalue weighted by molar-refractivity contribution is 0.482. The molecule has 2 heterocycles. The van der Waals surface area contributed by atoms with Crippen LogP contribution in [0.2, 0.25) is 0 Å². The minimum atomic E-state index is 0.135. The van der Waals surface area contributed by atoms with Crippen LogP contribution in [0.1, 0.15) is 37.2 Å². The largest absolute Gasteiger partial charge is 0.468 e. The Balaban J connectivity index is 1.85. The van der Waals surface area contributed by atoms with Gasteiger partial charge in [0, 0.05) is 17.3 Å². The molecule has 0 radical (unpaired) electrons. The maximum absolute atomic E-state index is 5.25. The van der Waals surface area contributed by atoms with E-state index in [1.165, 1.54) is 0 Å². The van der Waals surface area contributed by atoms with Crippen LogP contribution in [-0.2, 0) is 18.5 Å². The highest BCUT2D eigenvalue weighted by molar-refractivity contribution is 7.09. The Kier molecular flexibility index (Phi) is 3.64. The normalized spacial score (nSPS) is 11.9. The first-order chi connectivity index (χ1) is 8.05. The Morgan fingerprint density at radius 2 is 2.18 bits per heavy atom. The fourth-order valence-corrected chi connectivity index (χ4v) is 2.43. The Morgan fingerprint density at radius 1 is 1.35 bits per heavy atom. The van der Waals surface area contributed by atoms with E-state index < -0.39 is 0 Å². The molecule has 17 heavy (non-hydrogen) atoms. The molecule has 0 amide bonds. The first-order valence-corrected chi connectivity index (χ1v) is 6.61. The fourth-order valence-electron chi connectivity index (χ4n) is 1.44. The summed E-state index contributed by atoms with van der Waals surface area (Å²) < 4.78 is 5.25. The number of nitrogens with one attached hydrogen (secondary N) is 1. The third-order valence-electron chi connectivity index (χ3n) is 2.48. The van der Waals surface area contributed by atoms with Crippen molar-refractivity contribution < 1.29 is 4.42 Å². The number of aromatic nitrogens is 1. The van der Waals surface area contributed by atoms with Gasteiger partial charge in [-0.2, -0.15) is 0 Å². The van der Waals surface area contributed by atoms with Crippen LogP contribution in [0, 0.1) is 0 Å². The molecule has 92 valence electrons. The molecule has 3 nitrogen and oxygen atoms in total. The van der Waals surface area contributed by atoms with Gasteiger partial charge < -0.3 is 9.73 Å². The Hall–Kier alpha value is -1.13. The van der Waals surface area contributed by atoms with Crippen LogP contribution in [0.3, 0.4) is 0 Å². The number of nitrogens with zero attached hydrogens (tertiary/aromatic N) is 1. The number of hydrogen-bond acceptors (Lipinski definition) is 4. The molecule has 0 aromatic carbocycles. The van der Waals surface area contributed by atoms with E-state index in [2.05, 4.69) is 36.5 Å². The van der Waals surface area contributed by atoms with Gasteiger partial charge >= 0.3 is 0 Å². The van der Waals surface area contributed by atoms with Gasteiger partial charge in [-0.05, 0) is 12.1 Å². The van der Waals surface area contributed by atoms with Crippen LogP contribution in [0.4, 0.5) is 0 Å². The molecule has 0 fully saturated rings. The van der Waals surface area contributed by atoms with Gasteiger partial charge in [0.2, 0.25) is 0 Å². The Labute approximate surface area is 106 Å². The lowest BCUT2D eigenvalue weighted by Crippen LogP contribution is -2.14. The summed E-state index contributed by atoms with van der Waals surface area (Å²) in [6.07, 6.45) is 1.69. The van der Waals surface area contributed by atoms with E-state index in [0.29, 0.717) is 0 Å². The molecule has 0 spiro atoms. The zero-order valence-corrected chi connectivity index (χ0v) is 11.3. The summed E-state index contributed by atoms with van der Waals surface area (Å²) in [5.74, 6) is 0.956. The highest BCUT2D eigenvalue weighted by Gasteiger charge is 2.17. The minimum absolute atomic E-state index is 0.135. The van der Waals surface area contributed by atoms with Crippen molar-refractivity contribution in [3.05, 3.63) is 40.2 Å². The number of hydrogen-bond donors (Lipinski definition) is 1. The molecule has 2 rings (SSSR count). The summed E-state index contributed by atoms with van der Waals surface area (Å²) in [7, 11) is 0. The second kappa shape index (κ2) is 5.02. The van der Waals surface area contributed by atoms with E-state index in [-0.39, 0.29) is 5.41 Å². The maximum atomic E-state index is 5.25. The summed E-state index contributed by atoms with van der Waals surface area (Å²) in [5.41, 5.74) is 1.30.